The molecule has 8 heteroatoms. The van der Waals surface area contributed by atoms with Crippen LogP contribution in [-0.2, 0) is 7.05 Å². The van der Waals surface area contributed by atoms with E-state index in [-0.39, 0.29) is 11.3 Å². The van der Waals surface area contributed by atoms with E-state index in [1.54, 1.807) is 29.8 Å². The minimum atomic E-state index is -0.523. The zero-order valence-corrected chi connectivity index (χ0v) is 16.6. The molecule has 30 heavy (non-hydrogen) atoms. The molecule has 2 aromatic carbocycles. The minimum absolute atomic E-state index is 0.276. The number of nitrogens with zero attached hydrogens (tertiary/aromatic N) is 4. The van der Waals surface area contributed by atoms with Crippen LogP contribution in [0.5, 0.6) is 0 Å². The number of imidazole rings is 2. The number of hydrogen-bond donors (Lipinski definition) is 1. The highest BCUT2D eigenvalue weighted by Gasteiger charge is 2.20. The van der Waals surface area contributed by atoms with Gasteiger partial charge in [-0.2, -0.15) is 4.98 Å². The third kappa shape index (κ3) is 2.61. The Morgan fingerprint density at radius 1 is 1.00 bits per heavy atom. The fourth-order valence-corrected chi connectivity index (χ4v) is 3.92. The number of aromatic nitrogens is 5. The van der Waals surface area contributed by atoms with Gasteiger partial charge in [0.25, 0.3) is 5.56 Å². The second-order valence-corrected chi connectivity index (χ2v) is 7.47. The lowest BCUT2D eigenvalue weighted by molar-refractivity contribution is 0.628. The maximum Gasteiger partial charge on any atom is 0.329 e. The Hall–Kier alpha value is -3.94. The molecule has 0 radical (unpaired) electrons. The molecule has 0 aliphatic rings. The van der Waals surface area contributed by atoms with E-state index in [1.165, 1.54) is 16.7 Å². The highest BCUT2D eigenvalue weighted by Crippen LogP contribution is 2.29. The molecule has 3 heterocycles. The van der Waals surface area contributed by atoms with Crippen molar-refractivity contribution in [1.82, 2.24) is 23.5 Å². The number of aromatic amines is 1. The number of rotatable bonds is 2. The third-order valence-electron chi connectivity index (χ3n) is 5.23. The van der Waals surface area contributed by atoms with Crippen LogP contribution in [0.25, 0.3) is 33.9 Å². The lowest BCUT2D eigenvalue weighted by atomic mass is 10.1. The first-order valence-electron chi connectivity index (χ1n) is 9.41. The van der Waals surface area contributed by atoms with Crippen molar-refractivity contribution in [1.29, 1.82) is 0 Å². The first kappa shape index (κ1) is 18.1. The molecule has 0 spiro atoms. The Kier molecular flexibility index (Phi) is 3.79. The summed E-state index contributed by atoms with van der Waals surface area (Å²) >= 11 is 0. The van der Waals surface area contributed by atoms with Gasteiger partial charge in [-0.3, -0.25) is 23.3 Å². The first-order valence-corrected chi connectivity index (χ1v) is 9.41. The molecule has 0 unspecified atom stereocenters. The number of halogens is 1. The van der Waals surface area contributed by atoms with Gasteiger partial charge in [0.2, 0.25) is 5.78 Å². The van der Waals surface area contributed by atoms with Gasteiger partial charge < -0.3 is 0 Å². The van der Waals surface area contributed by atoms with Crippen molar-refractivity contribution in [2.45, 2.75) is 13.8 Å². The van der Waals surface area contributed by atoms with Crippen LogP contribution < -0.4 is 11.2 Å². The van der Waals surface area contributed by atoms with Gasteiger partial charge in [0.1, 0.15) is 5.82 Å². The van der Waals surface area contributed by atoms with Gasteiger partial charge in [-0.15, -0.1) is 0 Å². The first-order chi connectivity index (χ1) is 14.3. The van der Waals surface area contributed by atoms with Crippen LogP contribution in [0.2, 0.25) is 0 Å². The molecule has 0 aliphatic carbocycles. The van der Waals surface area contributed by atoms with Crippen molar-refractivity contribution in [3.05, 3.63) is 86.4 Å². The Labute approximate surface area is 169 Å². The van der Waals surface area contributed by atoms with Crippen LogP contribution in [0.4, 0.5) is 4.39 Å². The van der Waals surface area contributed by atoms with Crippen LogP contribution in [0.3, 0.4) is 0 Å². The second-order valence-electron chi connectivity index (χ2n) is 7.47. The molecule has 0 bridgehead atoms. The lowest BCUT2D eigenvalue weighted by Crippen LogP contribution is -2.28. The number of nitrogens with one attached hydrogen (secondary N) is 1. The molecule has 1 N–H and O–H groups in total. The molecule has 0 atom stereocenters. The third-order valence-corrected chi connectivity index (χ3v) is 5.23. The van der Waals surface area contributed by atoms with Crippen LogP contribution in [-0.4, -0.2) is 23.5 Å². The van der Waals surface area contributed by atoms with Gasteiger partial charge in [0, 0.05) is 24.5 Å². The van der Waals surface area contributed by atoms with Crippen molar-refractivity contribution in [2.24, 2.45) is 7.05 Å². The Balaban J connectivity index is 1.96. The van der Waals surface area contributed by atoms with Crippen LogP contribution >= 0.6 is 0 Å². The van der Waals surface area contributed by atoms with E-state index in [4.69, 9.17) is 0 Å². The summed E-state index contributed by atoms with van der Waals surface area (Å²) in [6, 6.07) is 12.3. The maximum absolute atomic E-state index is 13.5. The molecular weight excluding hydrogens is 385 g/mol. The standard InChI is InChI=1S/C22H18FN5O2/c1-12-8-13(2)10-16(9-12)28-17(14-4-6-15(23)7-5-14)11-27-18-19(24-21(27)28)26(3)22(30)25-20(18)29/h4-11H,1-3H3,(H,25,29,30). The van der Waals surface area contributed by atoms with E-state index in [0.717, 1.165) is 28.1 Å². The van der Waals surface area contributed by atoms with Crippen molar-refractivity contribution < 1.29 is 4.39 Å². The normalized spacial score (nSPS) is 11.6. The van der Waals surface area contributed by atoms with Gasteiger partial charge in [0.05, 0.1) is 5.69 Å². The zero-order valence-electron chi connectivity index (χ0n) is 16.6. The largest absolute Gasteiger partial charge is 0.329 e. The van der Waals surface area contributed by atoms with E-state index in [1.807, 2.05) is 30.5 Å². The smallest absolute Gasteiger partial charge is 0.279 e. The molecule has 0 saturated heterocycles. The predicted molar refractivity (Wildman–Crippen MR) is 113 cm³/mol. The van der Waals surface area contributed by atoms with Gasteiger partial charge in [-0.05, 0) is 61.4 Å². The molecule has 0 amide bonds. The van der Waals surface area contributed by atoms with E-state index in [0.29, 0.717) is 11.4 Å². The number of hydrogen-bond acceptors (Lipinski definition) is 3. The average molecular weight is 403 g/mol. The van der Waals surface area contributed by atoms with E-state index in [9.17, 15) is 14.0 Å². The predicted octanol–water partition coefficient (Wildman–Crippen LogP) is 3.09. The van der Waals surface area contributed by atoms with Crippen molar-refractivity contribution >= 4 is 16.9 Å². The number of aryl methyl sites for hydroxylation is 3. The van der Waals surface area contributed by atoms with Gasteiger partial charge in [-0.1, -0.05) is 6.07 Å². The molecule has 0 saturated carbocycles. The maximum atomic E-state index is 13.5. The zero-order chi connectivity index (χ0) is 21.2. The SMILES string of the molecule is Cc1cc(C)cc(-n2c(-c3ccc(F)cc3)cn3c4c(=O)[nH]c(=O)n(C)c4nc23)c1. The summed E-state index contributed by atoms with van der Waals surface area (Å²) < 4.78 is 18.4. The topological polar surface area (TPSA) is 77.1 Å². The molecule has 7 nitrogen and oxygen atoms in total. The summed E-state index contributed by atoms with van der Waals surface area (Å²) in [5.41, 5.74) is 4.06. The second kappa shape index (κ2) is 6.28. The minimum Gasteiger partial charge on any atom is -0.279 e. The molecule has 5 aromatic rings. The molecular formula is C22H18FN5O2. The van der Waals surface area contributed by atoms with E-state index >= 15 is 0 Å². The van der Waals surface area contributed by atoms with Gasteiger partial charge in [-0.25, -0.2) is 9.18 Å². The van der Waals surface area contributed by atoms with Crippen molar-refractivity contribution in [3.8, 4) is 16.9 Å². The van der Waals surface area contributed by atoms with E-state index < -0.39 is 11.2 Å². The summed E-state index contributed by atoms with van der Waals surface area (Å²) in [6.45, 7) is 4.01. The van der Waals surface area contributed by atoms with Crippen LogP contribution in [0.15, 0.2) is 58.3 Å². The highest BCUT2D eigenvalue weighted by atomic mass is 19.1. The van der Waals surface area contributed by atoms with Crippen molar-refractivity contribution in [2.75, 3.05) is 0 Å². The Morgan fingerprint density at radius 2 is 1.67 bits per heavy atom. The Morgan fingerprint density at radius 3 is 2.33 bits per heavy atom. The molecule has 5 rings (SSSR count). The fourth-order valence-electron chi connectivity index (χ4n) is 3.92. The number of H-pyrrole nitrogens is 1. The average Bonchev–Trinajstić information content (AvgIpc) is 3.22. The summed E-state index contributed by atoms with van der Waals surface area (Å²) in [5.74, 6) is 0.158. The summed E-state index contributed by atoms with van der Waals surface area (Å²) in [7, 11) is 1.56. The number of benzene rings is 2. The van der Waals surface area contributed by atoms with Gasteiger partial charge >= 0.3 is 5.69 Å². The summed E-state index contributed by atoms with van der Waals surface area (Å²) in [5, 5.41) is 0. The summed E-state index contributed by atoms with van der Waals surface area (Å²) in [6.07, 6.45) is 1.79. The highest BCUT2D eigenvalue weighted by molar-refractivity contribution is 5.79. The van der Waals surface area contributed by atoms with Crippen molar-refractivity contribution in [3.63, 3.8) is 0 Å². The monoisotopic (exact) mass is 403 g/mol. The van der Waals surface area contributed by atoms with Crippen LogP contribution in [0, 0.1) is 19.7 Å². The molecule has 0 fully saturated rings. The quantitative estimate of drug-likeness (QED) is 0.492. The van der Waals surface area contributed by atoms with E-state index in [2.05, 4.69) is 16.0 Å². The van der Waals surface area contributed by atoms with Crippen LogP contribution in [0.1, 0.15) is 11.1 Å². The lowest BCUT2D eigenvalue weighted by Gasteiger charge is -2.11. The number of fused-ring (bicyclic) bond motifs is 3. The Bertz CT molecular complexity index is 1550. The molecule has 150 valence electrons. The fraction of sp³-hybridized carbons (Fsp3) is 0.136. The molecule has 0 aliphatic heterocycles. The van der Waals surface area contributed by atoms with Gasteiger partial charge in [0.15, 0.2) is 11.2 Å². The molecule has 3 aromatic heterocycles. The summed E-state index contributed by atoms with van der Waals surface area (Å²) in [4.78, 5) is 31.6.